The van der Waals surface area contributed by atoms with E-state index in [9.17, 15) is 12.8 Å². The van der Waals surface area contributed by atoms with Crippen LogP contribution in [0.4, 0.5) is 4.39 Å². The molecule has 3 rings (SSSR count). The number of rotatable bonds is 6. The molecule has 1 saturated carbocycles. The standard InChI is InChI=1S/C16H23FN2O2S/c1-18(12-13-7-8-13)22(20,21)19-9-3-6-16(19)11-14-4-2-5-15(17)10-14/h2,4-5,10,13,16H,3,6-9,11-12H2,1H3/t16-/m0/s1. The van der Waals surface area contributed by atoms with Gasteiger partial charge in [-0.2, -0.15) is 17.0 Å². The molecule has 1 atom stereocenters. The van der Waals surface area contributed by atoms with Crippen LogP contribution in [-0.2, 0) is 16.6 Å². The Labute approximate surface area is 132 Å². The highest BCUT2D eigenvalue weighted by atomic mass is 32.2. The Balaban J connectivity index is 1.71. The summed E-state index contributed by atoms with van der Waals surface area (Å²) in [4.78, 5) is 0. The lowest BCUT2D eigenvalue weighted by atomic mass is 10.0. The van der Waals surface area contributed by atoms with Crippen molar-refractivity contribution in [3.63, 3.8) is 0 Å². The first kappa shape index (κ1) is 15.9. The van der Waals surface area contributed by atoms with Crippen LogP contribution in [0.15, 0.2) is 24.3 Å². The molecule has 2 fully saturated rings. The first-order valence-corrected chi connectivity index (χ1v) is 9.34. The third-order valence-electron chi connectivity index (χ3n) is 4.59. The van der Waals surface area contributed by atoms with Crippen molar-refractivity contribution in [3.05, 3.63) is 35.6 Å². The van der Waals surface area contributed by atoms with E-state index in [-0.39, 0.29) is 11.9 Å². The molecule has 22 heavy (non-hydrogen) atoms. The van der Waals surface area contributed by atoms with Crippen molar-refractivity contribution < 1.29 is 12.8 Å². The maximum absolute atomic E-state index is 13.3. The molecule has 0 N–H and O–H groups in total. The van der Waals surface area contributed by atoms with Crippen LogP contribution in [-0.4, -0.2) is 43.2 Å². The van der Waals surface area contributed by atoms with Gasteiger partial charge in [0.25, 0.3) is 10.2 Å². The highest BCUT2D eigenvalue weighted by Crippen LogP contribution is 2.32. The van der Waals surface area contributed by atoms with Crippen LogP contribution in [0.3, 0.4) is 0 Å². The second kappa shape index (κ2) is 6.26. The molecule has 4 nitrogen and oxygen atoms in total. The average molecular weight is 326 g/mol. The number of hydrogen-bond donors (Lipinski definition) is 0. The summed E-state index contributed by atoms with van der Waals surface area (Å²) in [6, 6.07) is 6.39. The van der Waals surface area contributed by atoms with Crippen LogP contribution >= 0.6 is 0 Å². The van der Waals surface area contributed by atoms with Gasteiger partial charge in [0.1, 0.15) is 5.82 Å². The molecule has 2 aliphatic rings. The number of halogens is 1. The van der Waals surface area contributed by atoms with Gasteiger partial charge in [-0.1, -0.05) is 12.1 Å². The van der Waals surface area contributed by atoms with Gasteiger partial charge in [-0.25, -0.2) is 4.39 Å². The van der Waals surface area contributed by atoms with Crippen molar-refractivity contribution in [2.75, 3.05) is 20.1 Å². The summed E-state index contributed by atoms with van der Waals surface area (Å²) in [6.07, 6.45) is 4.55. The lowest BCUT2D eigenvalue weighted by Gasteiger charge is -2.29. The molecule has 0 bridgehead atoms. The molecule has 6 heteroatoms. The maximum Gasteiger partial charge on any atom is 0.281 e. The number of hydrogen-bond acceptors (Lipinski definition) is 2. The lowest BCUT2D eigenvalue weighted by Crippen LogP contribution is -2.45. The minimum absolute atomic E-state index is 0.0616. The van der Waals surface area contributed by atoms with Crippen molar-refractivity contribution in [2.24, 2.45) is 5.92 Å². The van der Waals surface area contributed by atoms with Gasteiger partial charge in [-0.3, -0.25) is 0 Å². The molecule has 0 radical (unpaired) electrons. The summed E-state index contributed by atoms with van der Waals surface area (Å²) in [5, 5.41) is 0. The second-order valence-electron chi connectivity index (χ2n) is 6.47. The molecule has 1 aromatic carbocycles. The van der Waals surface area contributed by atoms with Gasteiger partial charge in [0.05, 0.1) is 0 Å². The largest absolute Gasteiger partial charge is 0.281 e. The smallest absolute Gasteiger partial charge is 0.207 e. The fraction of sp³-hybridized carbons (Fsp3) is 0.625. The van der Waals surface area contributed by atoms with Gasteiger partial charge in [0.15, 0.2) is 0 Å². The van der Waals surface area contributed by atoms with Gasteiger partial charge in [-0.15, -0.1) is 0 Å². The van der Waals surface area contributed by atoms with Crippen LogP contribution in [0.2, 0.25) is 0 Å². The Bertz CT molecular complexity index is 631. The van der Waals surface area contributed by atoms with Gasteiger partial charge < -0.3 is 0 Å². The van der Waals surface area contributed by atoms with Crippen molar-refractivity contribution in [2.45, 2.75) is 38.1 Å². The Morgan fingerprint density at radius 1 is 1.32 bits per heavy atom. The summed E-state index contributed by atoms with van der Waals surface area (Å²) >= 11 is 0. The van der Waals surface area contributed by atoms with E-state index in [0.29, 0.717) is 25.4 Å². The fourth-order valence-electron chi connectivity index (χ4n) is 3.19. The topological polar surface area (TPSA) is 40.6 Å². The summed E-state index contributed by atoms with van der Waals surface area (Å²) in [5.74, 6) is 0.264. The zero-order valence-electron chi connectivity index (χ0n) is 12.9. The molecule has 1 aromatic rings. The first-order chi connectivity index (χ1) is 10.5. The molecule has 1 heterocycles. The van der Waals surface area contributed by atoms with Crippen LogP contribution in [0.1, 0.15) is 31.2 Å². The maximum atomic E-state index is 13.3. The van der Waals surface area contributed by atoms with Crippen molar-refractivity contribution >= 4 is 10.2 Å². The Morgan fingerprint density at radius 2 is 2.09 bits per heavy atom. The van der Waals surface area contributed by atoms with E-state index in [1.165, 1.54) is 16.4 Å². The zero-order chi connectivity index (χ0) is 15.7. The summed E-state index contributed by atoms with van der Waals surface area (Å²) in [5.41, 5.74) is 0.858. The third-order valence-corrected chi connectivity index (χ3v) is 6.60. The van der Waals surface area contributed by atoms with Gasteiger partial charge in [0.2, 0.25) is 0 Å². The van der Waals surface area contributed by atoms with E-state index in [1.807, 2.05) is 6.07 Å². The summed E-state index contributed by atoms with van der Waals surface area (Å²) < 4.78 is 41.9. The van der Waals surface area contributed by atoms with Crippen molar-refractivity contribution in [1.82, 2.24) is 8.61 Å². The van der Waals surface area contributed by atoms with Gasteiger partial charge >= 0.3 is 0 Å². The highest BCUT2D eigenvalue weighted by molar-refractivity contribution is 7.86. The number of benzene rings is 1. The Kier molecular flexibility index (Phi) is 4.52. The molecule has 1 saturated heterocycles. The quantitative estimate of drug-likeness (QED) is 0.805. The Morgan fingerprint density at radius 3 is 2.77 bits per heavy atom. The SMILES string of the molecule is CN(CC1CC1)S(=O)(=O)N1CCC[C@H]1Cc1cccc(F)c1. The third kappa shape index (κ3) is 3.50. The highest BCUT2D eigenvalue weighted by Gasteiger charge is 2.38. The lowest BCUT2D eigenvalue weighted by molar-refractivity contribution is 0.337. The van der Waals surface area contributed by atoms with Gasteiger partial charge in [0, 0.05) is 26.2 Å². The van der Waals surface area contributed by atoms with Crippen LogP contribution < -0.4 is 0 Å². The molecule has 122 valence electrons. The van der Waals surface area contributed by atoms with Crippen molar-refractivity contribution in [3.8, 4) is 0 Å². The zero-order valence-corrected chi connectivity index (χ0v) is 13.7. The molecule has 0 aromatic heterocycles. The van der Waals surface area contributed by atoms with Crippen LogP contribution in [0, 0.1) is 11.7 Å². The summed E-state index contributed by atoms with van der Waals surface area (Å²) in [6.45, 7) is 1.18. The van der Waals surface area contributed by atoms with E-state index >= 15 is 0 Å². The van der Waals surface area contributed by atoms with E-state index in [0.717, 1.165) is 31.2 Å². The molecule has 0 amide bonds. The molecule has 0 unspecified atom stereocenters. The Hall–Kier alpha value is -0.980. The summed E-state index contributed by atoms with van der Waals surface area (Å²) in [7, 11) is -1.73. The van der Waals surface area contributed by atoms with E-state index in [2.05, 4.69) is 0 Å². The predicted molar refractivity (Wildman–Crippen MR) is 84.1 cm³/mol. The van der Waals surface area contributed by atoms with E-state index in [1.54, 1.807) is 17.4 Å². The van der Waals surface area contributed by atoms with Crippen LogP contribution in [0.25, 0.3) is 0 Å². The van der Waals surface area contributed by atoms with Gasteiger partial charge in [-0.05, 0) is 55.7 Å². The average Bonchev–Trinajstić information content (AvgIpc) is 3.14. The molecule has 0 spiro atoms. The minimum atomic E-state index is -3.40. The minimum Gasteiger partial charge on any atom is -0.207 e. The molecule has 1 aliphatic heterocycles. The van der Waals surface area contributed by atoms with E-state index < -0.39 is 10.2 Å². The monoisotopic (exact) mass is 326 g/mol. The predicted octanol–water partition coefficient (Wildman–Crippen LogP) is 2.42. The fourth-order valence-corrected chi connectivity index (χ4v) is 4.86. The number of nitrogens with zero attached hydrogens (tertiary/aromatic N) is 2. The van der Waals surface area contributed by atoms with Crippen LogP contribution in [0.5, 0.6) is 0 Å². The second-order valence-corrected chi connectivity index (χ2v) is 8.46. The van der Waals surface area contributed by atoms with E-state index in [4.69, 9.17) is 0 Å². The molecule has 1 aliphatic carbocycles. The van der Waals surface area contributed by atoms with Crippen molar-refractivity contribution in [1.29, 1.82) is 0 Å². The molecular weight excluding hydrogens is 303 g/mol. The normalized spacial score (nSPS) is 23.3. The first-order valence-electron chi connectivity index (χ1n) is 7.94. The molecular formula is C16H23FN2O2S.